The number of anilines is 1. The van der Waals surface area contributed by atoms with Crippen LogP contribution in [-0.4, -0.2) is 41.8 Å². The largest absolute Gasteiger partial charge is 0.497 e. The van der Waals surface area contributed by atoms with Crippen LogP contribution in [0.25, 0.3) is 33.5 Å². The zero-order chi connectivity index (χ0) is 22.2. The van der Waals surface area contributed by atoms with Gasteiger partial charge in [-0.05, 0) is 24.6 Å². The summed E-state index contributed by atoms with van der Waals surface area (Å²) < 4.78 is 6.97. The summed E-state index contributed by atoms with van der Waals surface area (Å²) >= 11 is 0. The number of hydrogen-bond donors (Lipinski definition) is 3. The van der Waals surface area contributed by atoms with Crippen LogP contribution in [-0.2, 0) is 7.05 Å². The molecular formula is C22H22N8O2. The lowest BCUT2D eigenvalue weighted by molar-refractivity contribution is 0.415. The van der Waals surface area contributed by atoms with Crippen LogP contribution >= 0.6 is 0 Å². The number of methoxy groups -OCH3 is 1. The van der Waals surface area contributed by atoms with Crippen LogP contribution in [0.5, 0.6) is 5.75 Å². The second-order valence-corrected chi connectivity index (χ2v) is 7.45. The van der Waals surface area contributed by atoms with Crippen molar-refractivity contribution in [2.75, 3.05) is 12.4 Å². The fourth-order valence-electron chi connectivity index (χ4n) is 3.80. The molecule has 0 bridgehead atoms. The Labute approximate surface area is 182 Å². The summed E-state index contributed by atoms with van der Waals surface area (Å²) in [6.07, 6.45) is 5.89. The molecule has 10 nitrogen and oxygen atoms in total. The summed E-state index contributed by atoms with van der Waals surface area (Å²) in [5.74, 6) is 1.78. The highest BCUT2D eigenvalue weighted by molar-refractivity contribution is 5.96. The van der Waals surface area contributed by atoms with Crippen molar-refractivity contribution in [1.82, 2.24) is 34.7 Å². The van der Waals surface area contributed by atoms with Gasteiger partial charge in [-0.2, -0.15) is 5.10 Å². The van der Waals surface area contributed by atoms with Gasteiger partial charge in [0.15, 0.2) is 0 Å². The maximum absolute atomic E-state index is 13.2. The molecule has 5 aromatic rings. The monoisotopic (exact) mass is 430 g/mol. The Bertz CT molecular complexity index is 1470. The minimum Gasteiger partial charge on any atom is -0.497 e. The van der Waals surface area contributed by atoms with E-state index in [4.69, 9.17) is 4.74 Å². The lowest BCUT2D eigenvalue weighted by atomic mass is 10.1. The Kier molecular flexibility index (Phi) is 4.81. The Hall–Kier alpha value is -4.21. The van der Waals surface area contributed by atoms with Gasteiger partial charge in [-0.3, -0.25) is 9.48 Å². The van der Waals surface area contributed by atoms with Gasteiger partial charge in [0, 0.05) is 31.7 Å². The maximum atomic E-state index is 13.2. The first-order valence-electron chi connectivity index (χ1n) is 10.2. The fourth-order valence-corrected chi connectivity index (χ4v) is 3.80. The highest BCUT2D eigenvalue weighted by atomic mass is 16.5. The number of fused-ring (bicyclic) bond motifs is 2. The zero-order valence-corrected chi connectivity index (χ0v) is 17.9. The summed E-state index contributed by atoms with van der Waals surface area (Å²) in [4.78, 5) is 32.8. The second-order valence-electron chi connectivity index (χ2n) is 7.45. The number of aromatic amines is 2. The third-order valence-electron chi connectivity index (χ3n) is 5.34. The van der Waals surface area contributed by atoms with Crippen LogP contribution in [0.2, 0.25) is 0 Å². The quantitative estimate of drug-likeness (QED) is 0.378. The number of aryl methyl sites for hydroxylation is 1. The second kappa shape index (κ2) is 7.80. The molecular weight excluding hydrogens is 408 g/mol. The topological polar surface area (TPSA) is 126 Å². The Morgan fingerprint density at radius 2 is 2.00 bits per heavy atom. The Morgan fingerprint density at radius 3 is 2.75 bits per heavy atom. The molecule has 0 aliphatic heterocycles. The van der Waals surface area contributed by atoms with Crippen LogP contribution in [0, 0.1) is 0 Å². The highest BCUT2D eigenvalue weighted by Crippen LogP contribution is 2.33. The van der Waals surface area contributed by atoms with Crippen molar-refractivity contribution in [2.24, 2.45) is 7.05 Å². The number of aromatic nitrogens is 7. The molecule has 0 saturated heterocycles. The van der Waals surface area contributed by atoms with Crippen LogP contribution in [0.1, 0.15) is 25.2 Å². The average molecular weight is 430 g/mol. The normalized spacial score (nSPS) is 12.3. The molecule has 3 N–H and O–H groups in total. The average Bonchev–Trinajstić information content (AvgIpc) is 3.39. The van der Waals surface area contributed by atoms with Gasteiger partial charge < -0.3 is 20.0 Å². The summed E-state index contributed by atoms with van der Waals surface area (Å²) in [6.45, 7) is 2.03. The third kappa shape index (κ3) is 3.35. The van der Waals surface area contributed by atoms with E-state index in [1.54, 1.807) is 36.4 Å². The van der Waals surface area contributed by atoms with Crippen molar-refractivity contribution in [3.8, 4) is 17.1 Å². The van der Waals surface area contributed by atoms with Crippen LogP contribution in [0.3, 0.4) is 0 Å². The van der Waals surface area contributed by atoms with E-state index in [0.717, 1.165) is 11.0 Å². The molecule has 32 heavy (non-hydrogen) atoms. The number of pyridine rings is 1. The van der Waals surface area contributed by atoms with Gasteiger partial charge in [-0.1, -0.05) is 6.92 Å². The fraction of sp³-hybridized carbons (Fsp3) is 0.227. The summed E-state index contributed by atoms with van der Waals surface area (Å²) in [5, 5.41) is 8.05. The van der Waals surface area contributed by atoms with Crippen molar-refractivity contribution >= 4 is 27.8 Å². The molecule has 162 valence electrons. The summed E-state index contributed by atoms with van der Waals surface area (Å²) in [7, 11) is 3.42. The SMILES string of the molecule is CC[C@@H](Nc1c(-c2nc3ccc(OC)cc3[nH]2)c(=O)[nH]c2cn(C)nc12)c1ncccn1. The number of hydrogen-bond acceptors (Lipinski definition) is 7. The van der Waals surface area contributed by atoms with E-state index in [0.29, 0.717) is 46.1 Å². The molecule has 0 unspecified atom stereocenters. The van der Waals surface area contributed by atoms with E-state index >= 15 is 0 Å². The molecule has 1 aromatic carbocycles. The number of ether oxygens (including phenoxy) is 1. The molecule has 4 aromatic heterocycles. The molecule has 10 heteroatoms. The van der Waals surface area contributed by atoms with Crippen molar-refractivity contribution in [3.05, 3.63) is 59.0 Å². The Morgan fingerprint density at radius 1 is 1.19 bits per heavy atom. The zero-order valence-electron chi connectivity index (χ0n) is 17.9. The first kappa shape index (κ1) is 19.7. The molecule has 0 aliphatic carbocycles. The van der Waals surface area contributed by atoms with E-state index < -0.39 is 0 Å². The summed E-state index contributed by atoms with van der Waals surface area (Å²) in [5.41, 5.74) is 3.44. The highest BCUT2D eigenvalue weighted by Gasteiger charge is 2.23. The van der Waals surface area contributed by atoms with E-state index in [1.807, 2.05) is 32.2 Å². The smallest absolute Gasteiger partial charge is 0.261 e. The predicted octanol–water partition coefficient (Wildman–Crippen LogP) is 3.17. The van der Waals surface area contributed by atoms with Crippen molar-refractivity contribution in [2.45, 2.75) is 19.4 Å². The lowest BCUT2D eigenvalue weighted by Crippen LogP contribution is -2.18. The number of nitrogens with zero attached hydrogens (tertiary/aromatic N) is 5. The first-order valence-corrected chi connectivity index (χ1v) is 10.2. The standard InChI is InChI=1S/C22H22N8O2/c1-4-13(20-23-8-5-9-24-20)25-19-17(22(31)28-16-11-30(2)29-18(16)19)21-26-14-7-6-12(32-3)10-15(14)27-21/h5-11,13,25H,4H2,1-3H3,(H,26,27)(H,28,31)/t13-/m1/s1. The van der Waals surface area contributed by atoms with Gasteiger partial charge in [0.2, 0.25) is 0 Å². The molecule has 1 atom stereocenters. The van der Waals surface area contributed by atoms with Gasteiger partial charge >= 0.3 is 0 Å². The molecule has 5 rings (SSSR count). The number of rotatable bonds is 6. The number of imidazole rings is 1. The molecule has 0 saturated carbocycles. The van der Waals surface area contributed by atoms with E-state index in [2.05, 4.69) is 35.3 Å². The van der Waals surface area contributed by atoms with E-state index in [-0.39, 0.29) is 11.6 Å². The molecule has 4 heterocycles. The van der Waals surface area contributed by atoms with Crippen molar-refractivity contribution < 1.29 is 4.74 Å². The Balaban J connectivity index is 1.72. The molecule has 0 aliphatic rings. The number of H-pyrrole nitrogens is 2. The molecule has 0 amide bonds. The molecule has 0 radical (unpaired) electrons. The van der Waals surface area contributed by atoms with Gasteiger partial charge in [-0.25, -0.2) is 15.0 Å². The predicted molar refractivity (Wildman–Crippen MR) is 122 cm³/mol. The van der Waals surface area contributed by atoms with E-state index in [1.165, 1.54) is 0 Å². The van der Waals surface area contributed by atoms with Crippen molar-refractivity contribution in [1.29, 1.82) is 0 Å². The van der Waals surface area contributed by atoms with Crippen LogP contribution < -0.4 is 15.6 Å². The number of benzene rings is 1. The summed E-state index contributed by atoms with van der Waals surface area (Å²) in [6, 6.07) is 7.08. The lowest BCUT2D eigenvalue weighted by Gasteiger charge is -2.18. The van der Waals surface area contributed by atoms with Gasteiger partial charge in [0.25, 0.3) is 5.56 Å². The maximum Gasteiger partial charge on any atom is 0.261 e. The number of nitrogens with one attached hydrogen (secondary N) is 3. The van der Waals surface area contributed by atoms with E-state index in [9.17, 15) is 4.79 Å². The van der Waals surface area contributed by atoms with Gasteiger partial charge in [0.05, 0.1) is 35.4 Å². The minimum atomic E-state index is -0.275. The molecule has 0 fully saturated rings. The molecule has 0 spiro atoms. The van der Waals surface area contributed by atoms with Crippen LogP contribution in [0.15, 0.2) is 47.7 Å². The first-order chi connectivity index (χ1) is 15.6. The minimum absolute atomic E-state index is 0.216. The van der Waals surface area contributed by atoms with Crippen molar-refractivity contribution in [3.63, 3.8) is 0 Å². The third-order valence-corrected chi connectivity index (χ3v) is 5.34. The van der Waals surface area contributed by atoms with Crippen LogP contribution in [0.4, 0.5) is 5.69 Å². The van der Waals surface area contributed by atoms with Gasteiger partial charge in [0.1, 0.15) is 28.5 Å². The van der Waals surface area contributed by atoms with Gasteiger partial charge in [-0.15, -0.1) is 0 Å².